The largest absolute Gasteiger partial charge is 0.497 e. The lowest BCUT2D eigenvalue weighted by molar-refractivity contribution is -0.141. The van der Waals surface area contributed by atoms with E-state index in [9.17, 15) is 14.7 Å². The molecular formula is C18H19NO4. The van der Waals surface area contributed by atoms with E-state index in [0.29, 0.717) is 5.75 Å². The topological polar surface area (TPSA) is 75.6 Å². The van der Waals surface area contributed by atoms with Gasteiger partial charge in [-0.05, 0) is 23.3 Å². The number of hydrogen-bond acceptors (Lipinski definition) is 3. The first-order chi connectivity index (χ1) is 11.1. The van der Waals surface area contributed by atoms with Crippen LogP contribution in [0.15, 0.2) is 54.6 Å². The van der Waals surface area contributed by atoms with Crippen molar-refractivity contribution in [1.82, 2.24) is 5.32 Å². The fourth-order valence-electron chi connectivity index (χ4n) is 2.22. The van der Waals surface area contributed by atoms with Crippen LogP contribution < -0.4 is 10.1 Å². The smallest absolute Gasteiger partial charge is 0.326 e. The lowest BCUT2D eigenvalue weighted by Crippen LogP contribution is -2.43. The van der Waals surface area contributed by atoms with Gasteiger partial charge in [-0.15, -0.1) is 0 Å². The summed E-state index contributed by atoms with van der Waals surface area (Å²) in [6, 6.07) is 15.4. The van der Waals surface area contributed by atoms with Gasteiger partial charge in [-0.2, -0.15) is 0 Å². The zero-order valence-corrected chi connectivity index (χ0v) is 12.9. The monoisotopic (exact) mass is 313 g/mol. The molecule has 0 aliphatic rings. The third-order valence-corrected chi connectivity index (χ3v) is 3.44. The Morgan fingerprint density at radius 3 is 2.26 bits per heavy atom. The molecule has 0 unspecified atom stereocenters. The summed E-state index contributed by atoms with van der Waals surface area (Å²) < 4.78 is 5.07. The molecule has 0 fully saturated rings. The standard InChI is InChI=1S/C18H19NO4/c1-23-15-9-7-14(8-10-15)11-16(18(21)22)19-17(20)12-13-5-3-2-4-6-13/h2-10,16H,11-12H2,1H3,(H,19,20)(H,21,22)/t16-/m0/s1. The first-order valence-electron chi connectivity index (χ1n) is 7.27. The van der Waals surface area contributed by atoms with Gasteiger partial charge in [-0.1, -0.05) is 42.5 Å². The van der Waals surface area contributed by atoms with Crippen molar-refractivity contribution in [2.75, 3.05) is 7.11 Å². The summed E-state index contributed by atoms with van der Waals surface area (Å²) in [6.07, 6.45) is 0.382. The number of carboxylic acid groups (broad SMARTS) is 1. The first kappa shape index (κ1) is 16.5. The Balaban J connectivity index is 1.97. The molecule has 5 nitrogen and oxygen atoms in total. The van der Waals surface area contributed by atoms with Crippen LogP contribution in [0.25, 0.3) is 0 Å². The summed E-state index contributed by atoms with van der Waals surface area (Å²) in [4.78, 5) is 23.4. The molecule has 0 saturated carbocycles. The molecule has 2 aromatic carbocycles. The number of ether oxygens (including phenoxy) is 1. The van der Waals surface area contributed by atoms with Gasteiger partial charge in [0.2, 0.25) is 5.91 Å². The number of benzene rings is 2. The Kier molecular flexibility index (Phi) is 5.74. The molecule has 0 heterocycles. The van der Waals surface area contributed by atoms with Crippen molar-refractivity contribution in [1.29, 1.82) is 0 Å². The summed E-state index contributed by atoms with van der Waals surface area (Å²) in [5, 5.41) is 11.9. The van der Waals surface area contributed by atoms with E-state index in [1.165, 1.54) is 0 Å². The molecule has 1 atom stereocenters. The van der Waals surface area contributed by atoms with Crippen molar-refractivity contribution in [3.05, 3.63) is 65.7 Å². The van der Waals surface area contributed by atoms with E-state index < -0.39 is 12.0 Å². The average Bonchev–Trinajstić information content (AvgIpc) is 2.55. The van der Waals surface area contributed by atoms with Crippen molar-refractivity contribution in [2.45, 2.75) is 18.9 Å². The van der Waals surface area contributed by atoms with Gasteiger partial charge < -0.3 is 15.2 Å². The number of carboxylic acids is 1. The highest BCUT2D eigenvalue weighted by atomic mass is 16.5. The highest BCUT2D eigenvalue weighted by Gasteiger charge is 2.20. The summed E-state index contributed by atoms with van der Waals surface area (Å²) in [6.45, 7) is 0. The van der Waals surface area contributed by atoms with Crippen molar-refractivity contribution in [2.24, 2.45) is 0 Å². The molecule has 5 heteroatoms. The molecule has 0 radical (unpaired) electrons. The second kappa shape index (κ2) is 7.98. The lowest BCUT2D eigenvalue weighted by Gasteiger charge is -2.15. The van der Waals surface area contributed by atoms with Gasteiger partial charge >= 0.3 is 5.97 Å². The van der Waals surface area contributed by atoms with Gasteiger partial charge in [0.25, 0.3) is 0 Å². The van der Waals surface area contributed by atoms with Gasteiger partial charge in [0.05, 0.1) is 13.5 Å². The Morgan fingerprint density at radius 2 is 1.70 bits per heavy atom. The summed E-state index contributed by atoms with van der Waals surface area (Å²) >= 11 is 0. The molecule has 1 amide bonds. The Morgan fingerprint density at radius 1 is 1.04 bits per heavy atom. The van der Waals surface area contributed by atoms with Crippen LogP contribution >= 0.6 is 0 Å². The molecule has 0 aliphatic carbocycles. The van der Waals surface area contributed by atoms with Crippen molar-refractivity contribution in [3.63, 3.8) is 0 Å². The van der Waals surface area contributed by atoms with Crippen LogP contribution in [0.5, 0.6) is 5.75 Å². The molecule has 0 saturated heterocycles. The highest BCUT2D eigenvalue weighted by Crippen LogP contribution is 2.13. The fraction of sp³-hybridized carbons (Fsp3) is 0.222. The molecule has 0 aromatic heterocycles. The van der Waals surface area contributed by atoms with Crippen LogP contribution in [0.3, 0.4) is 0 Å². The normalized spacial score (nSPS) is 11.5. The minimum Gasteiger partial charge on any atom is -0.497 e. The van der Waals surface area contributed by atoms with Crippen molar-refractivity contribution in [3.8, 4) is 5.75 Å². The van der Waals surface area contributed by atoms with E-state index in [1.807, 2.05) is 30.3 Å². The second-order valence-corrected chi connectivity index (χ2v) is 5.17. The molecule has 0 spiro atoms. The average molecular weight is 313 g/mol. The predicted octanol–water partition coefficient (Wildman–Crippen LogP) is 2.05. The minimum absolute atomic E-state index is 0.160. The van der Waals surface area contributed by atoms with E-state index in [4.69, 9.17) is 4.74 Å². The molecular weight excluding hydrogens is 294 g/mol. The van der Waals surface area contributed by atoms with E-state index in [1.54, 1.807) is 31.4 Å². The van der Waals surface area contributed by atoms with Crippen LogP contribution in [0, 0.1) is 0 Å². The maximum absolute atomic E-state index is 12.0. The van der Waals surface area contributed by atoms with Crippen LogP contribution in [0.2, 0.25) is 0 Å². The zero-order chi connectivity index (χ0) is 16.7. The van der Waals surface area contributed by atoms with Crippen molar-refractivity contribution < 1.29 is 19.4 Å². The number of rotatable bonds is 7. The zero-order valence-electron chi connectivity index (χ0n) is 12.9. The number of amides is 1. The van der Waals surface area contributed by atoms with Gasteiger partial charge in [0.1, 0.15) is 11.8 Å². The maximum Gasteiger partial charge on any atom is 0.326 e. The maximum atomic E-state index is 12.0. The number of carbonyl (C=O) groups excluding carboxylic acids is 1. The Hall–Kier alpha value is -2.82. The van der Waals surface area contributed by atoms with Crippen LogP contribution in [-0.2, 0) is 22.4 Å². The van der Waals surface area contributed by atoms with E-state index in [-0.39, 0.29) is 18.7 Å². The summed E-state index contributed by atoms with van der Waals surface area (Å²) in [7, 11) is 1.57. The van der Waals surface area contributed by atoms with Gasteiger partial charge in [0, 0.05) is 6.42 Å². The number of aliphatic carboxylic acids is 1. The molecule has 0 bridgehead atoms. The molecule has 0 aliphatic heterocycles. The Labute approximate surface area is 134 Å². The Bertz CT molecular complexity index is 652. The molecule has 2 N–H and O–H groups in total. The van der Waals surface area contributed by atoms with E-state index in [0.717, 1.165) is 11.1 Å². The molecule has 2 rings (SSSR count). The molecule has 120 valence electrons. The van der Waals surface area contributed by atoms with Crippen LogP contribution in [-0.4, -0.2) is 30.1 Å². The first-order valence-corrected chi connectivity index (χ1v) is 7.27. The summed E-state index contributed by atoms with van der Waals surface area (Å²) in [5.41, 5.74) is 1.66. The van der Waals surface area contributed by atoms with Crippen LogP contribution in [0.1, 0.15) is 11.1 Å². The SMILES string of the molecule is COc1ccc(C[C@H](NC(=O)Cc2ccccc2)C(=O)O)cc1. The summed E-state index contributed by atoms with van der Waals surface area (Å²) in [5.74, 6) is -0.659. The number of methoxy groups -OCH3 is 1. The fourth-order valence-corrected chi connectivity index (χ4v) is 2.22. The van der Waals surface area contributed by atoms with E-state index in [2.05, 4.69) is 5.32 Å². The minimum atomic E-state index is -1.05. The third kappa shape index (κ3) is 5.14. The van der Waals surface area contributed by atoms with Crippen LogP contribution in [0.4, 0.5) is 0 Å². The van der Waals surface area contributed by atoms with Gasteiger partial charge in [-0.3, -0.25) is 4.79 Å². The number of hydrogen-bond donors (Lipinski definition) is 2. The molecule has 23 heavy (non-hydrogen) atoms. The third-order valence-electron chi connectivity index (χ3n) is 3.44. The number of nitrogens with one attached hydrogen (secondary N) is 1. The second-order valence-electron chi connectivity index (χ2n) is 5.17. The van der Waals surface area contributed by atoms with Gasteiger partial charge in [-0.25, -0.2) is 4.79 Å². The van der Waals surface area contributed by atoms with Gasteiger partial charge in [0.15, 0.2) is 0 Å². The molecule has 2 aromatic rings. The van der Waals surface area contributed by atoms with Crippen molar-refractivity contribution >= 4 is 11.9 Å². The highest BCUT2D eigenvalue weighted by molar-refractivity contribution is 5.85. The predicted molar refractivity (Wildman–Crippen MR) is 86.4 cm³/mol. The van der Waals surface area contributed by atoms with E-state index >= 15 is 0 Å². The quantitative estimate of drug-likeness (QED) is 0.820. The number of carbonyl (C=O) groups is 2. The lowest BCUT2D eigenvalue weighted by atomic mass is 10.1.